The molecule has 178 valence electrons. The fourth-order valence-corrected chi connectivity index (χ4v) is 4.68. The molecule has 4 aromatic rings. The van der Waals surface area contributed by atoms with E-state index in [9.17, 15) is 14.9 Å². The number of benzene rings is 3. The van der Waals surface area contributed by atoms with Crippen molar-refractivity contribution in [1.82, 2.24) is 9.97 Å². The molecule has 1 heterocycles. The largest absolute Gasteiger partial charge is 0.325 e. The number of hydrogen-bond acceptors (Lipinski definition) is 7. The minimum absolute atomic E-state index is 0.0629. The van der Waals surface area contributed by atoms with Crippen LogP contribution in [0.2, 0.25) is 0 Å². The second-order valence-corrected chi connectivity index (χ2v) is 9.33. The normalized spacial score (nSPS) is 10.3. The molecule has 9 heteroatoms. The van der Waals surface area contributed by atoms with Crippen molar-refractivity contribution in [3.8, 4) is 17.3 Å². The van der Waals surface area contributed by atoms with E-state index < -0.39 is 0 Å². The number of aromatic nitrogens is 2. The molecule has 0 radical (unpaired) electrons. The van der Waals surface area contributed by atoms with Gasteiger partial charge in [0.15, 0.2) is 5.16 Å². The lowest BCUT2D eigenvalue weighted by Gasteiger charge is -2.11. The van der Waals surface area contributed by atoms with E-state index in [-0.39, 0.29) is 28.9 Å². The highest BCUT2D eigenvalue weighted by Crippen LogP contribution is 2.31. The van der Waals surface area contributed by atoms with Crippen LogP contribution in [0, 0.1) is 11.3 Å². The van der Waals surface area contributed by atoms with Gasteiger partial charge in [-0.3, -0.25) is 9.59 Å². The van der Waals surface area contributed by atoms with Crippen molar-refractivity contribution in [2.24, 2.45) is 0 Å². The Kier molecular flexibility index (Phi) is 8.70. The minimum Gasteiger partial charge on any atom is -0.325 e. The molecule has 0 saturated carbocycles. The third kappa shape index (κ3) is 6.95. The summed E-state index contributed by atoms with van der Waals surface area (Å²) in [4.78, 5) is 34.0. The molecule has 0 aliphatic carbocycles. The average Bonchev–Trinajstić information content (AvgIpc) is 2.92. The van der Waals surface area contributed by atoms with E-state index in [2.05, 4.69) is 26.7 Å². The highest BCUT2D eigenvalue weighted by molar-refractivity contribution is 8.00. The number of para-hydroxylation sites is 2. The summed E-state index contributed by atoms with van der Waals surface area (Å²) in [5.41, 5.74) is 2.90. The molecule has 4 rings (SSSR count). The quantitative estimate of drug-likeness (QED) is 0.174. The van der Waals surface area contributed by atoms with Gasteiger partial charge in [-0.05, 0) is 24.3 Å². The predicted molar refractivity (Wildman–Crippen MR) is 144 cm³/mol. The molecule has 1 aromatic heterocycles. The lowest BCUT2D eigenvalue weighted by Crippen LogP contribution is -2.15. The zero-order valence-corrected chi connectivity index (χ0v) is 20.7. The first-order valence-electron chi connectivity index (χ1n) is 11.0. The summed E-state index contributed by atoms with van der Waals surface area (Å²) in [6.07, 6.45) is 0. The van der Waals surface area contributed by atoms with Gasteiger partial charge < -0.3 is 10.6 Å². The molecular formula is C27H21N5O2S2. The van der Waals surface area contributed by atoms with Gasteiger partial charge in [-0.15, -0.1) is 0 Å². The number of hydrogen-bond donors (Lipinski definition) is 2. The molecule has 3 aromatic carbocycles. The predicted octanol–water partition coefficient (Wildman–Crippen LogP) is 5.48. The van der Waals surface area contributed by atoms with Gasteiger partial charge in [0.25, 0.3) is 0 Å². The highest BCUT2D eigenvalue weighted by Gasteiger charge is 2.18. The Balaban J connectivity index is 1.54. The maximum Gasteiger partial charge on any atom is 0.234 e. The maximum atomic E-state index is 12.5. The van der Waals surface area contributed by atoms with Gasteiger partial charge in [0, 0.05) is 16.9 Å². The summed E-state index contributed by atoms with van der Waals surface area (Å²) in [7, 11) is 0. The summed E-state index contributed by atoms with van der Waals surface area (Å²) in [6.45, 7) is 0. The first-order chi connectivity index (χ1) is 17.6. The van der Waals surface area contributed by atoms with E-state index in [4.69, 9.17) is 0 Å². The summed E-state index contributed by atoms with van der Waals surface area (Å²) >= 11 is 2.33. The van der Waals surface area contributed by atoms with Crippen LogP contribution in [0.15, 0.2) is 101 Å². The van der Waals surface area contributed by atoms with Crippen LogP contribution >= 0.6 is 23.5 Å². The van der Waals surface area contributed by atoms with Crippen LogP contribution in [-0.2, 0) is 9.59 Å². The Morgan fingerprint density at radius 2 is 1.22 bits per heavy atom. The van der Waals surface area contributed by atoms with Crippen molar-refractivity contribution < 1.29 is 9.59 Å². The molecule has 0 fully saturated rings. The molecule has 7 nitrogen and oxygen atoms in total. The molecular weight excluding hydrogens is 490 g/mol. The van der Waals surface area contributed by atoms with E-state index in [0.717, 1.165) is 17.3 Å². The van der Waals surface area contributed by atoms with Crippen LogP contribution in [0.5, 0.6) is 0 Å². The minimum atomic E-state index is -0.216. The van der Waals surface area contributed by atoms with Gasteiger partial charge in [-0.1, -0.05) is 90.3 Å². The number of carbonyl (C=O) groups is 2. The Morgan fingerprint density at radius 1 is 0.722 bits per heavy atom. The molecule has 0 bridgehead atoms. The van der Waals surface area contributed by atoms with E-state index >= 15 is 0 Å². The number of nitrogens with zero attached hydrogens (tertiary/aromatic N) is 3. The zero-order chi connectivity index (χ0) is 25.2. The summed E-state index contributed by atoms with van der Waals surface area (Å²) in [6, 6.07) is 29.8. The first kappa shape index (κ1) is 25.0. The van der Waals surface area contributed by atoms with Crippen LogP contribution in [0.1, 0.15) is 5.56 Å². The third-order valence-corrected chi connectivity index (χ3v) is 6.62. The van der Waals surface area contributed by atoms with Crippen LogP contribution in [-0.4, -0.2) is 33.3 Å². The molecule has 0 saturated heterocycles. The lowest BCUT2D eigenvalue weighted by molar-refractivity contribution is -0.114. The van der Waals surface area contributed by atoms with Gasteiger partial charge in [0.2, 0.25) is 11.8 Å². The molecule has 36 heavy (non-hydrogen) atoms. The van der Waals surface area contributed by atoms with Crippen molar-refractivity contribution in [1.29, 1.82) is 5.26 Å². The van der Waals surface area contributed by atoms with Gasteiger partial charge in [-0.25, -0.2) is 9.97 Å². The Hall–Kier alpha value is -4.13. The molecule has 2 amide bonds. The van der Waals surface area contributed by atoms with Gasteiger partial charge in [-0.2, -0.15) is 5.26 Å². The second kappa shape index (κ2) is 12.5. The number of nitriles is 1. The third-order valence-electron chi connectivity index (χ3n) is 4.80. The fourth-order valence-electron chi connectivity index (χ4n) is 3.20. The lowest BCUT2D eigenvalue weighted by atomic mass is 10.1. The smallest absolute Gasteiger partial charge is 0.234 e. The van der Waals surface area contributed by atoms with Crippen molar-refractivity contribution in [2.45, 2.75) is 10.2 Å². The monoisotopic (exact) mass is 511 g/mol. The molecule has 0 aliphatic heterocycles. The van der Waals surface area contributed by atoms with Crippen LogP contribution in [0.3, 0.4) is 0 Å². The number of thioether (sulfide) groups is 2. The van der Waals surface area contributed by atoms with Crippen molar-refractivity contribution >= 4 is 46.7 Å². The first-order valence-corrected chi connectivity index (χ1v) is 12.9. The number of rotatable bonds is 9. The second-order valence-electron chi connectivity index (χ2n) is 7.42. The van der Waals surface area contributed by atoms with Crippen LogP contribution in [0.4, 0.5) is 11.4 Å². The highest BCUT2D eigenvalue weighted by atomic mass is 32.2. The number of carbonyl (C=O) groups excluding carboxylic acids is 2. The van der Waals surface area contributed by atoms with E-state index in [1.807, 2.05) is 78.9 Å². The SMILES string of the molecule is N#Cc1c(SCC(=O)Nc2ccccc2)nc(SCC(=O)Nc2ccccc2)nc1-c1ccccc1. The van der Waals surface area contributed by atoms with E-state index in [1.165, 1.54) is 11.8 Å². The molecule has 0 atom stereocenters. The number of amides is 2. The maximum absolute atomic E-state index is 12.5. The topological polar surface area (TPSA) is 108 Å². The summed E-state index contributed by atoms with van der Waals surface area (Å²) in [5.74, 6) is -0.260. The molecule has 2 N–H and O–H groups in total. The average molecular weight is 512 g/mol. The van der Waals surface area contributed by atoms with Crippen molar-refractivity contribution in [3.05, 3.63) is 96.6 Å². The molecule has 0 spiro atoms. The summed E-state index contributed by atoms with van der Waals surface area (Å²) in [5, 5.41) is 16.3. The standard InChI is InChI=1S/C27H21N5O2S2/c28-16-22-25(19-10-4-1-5-11-19)31-27(36-18-24(34)30-21-14-8-3-9-15-21)32-26(22)35-17-23(33)29-20-12-6-2-7-13-20/h1-15H,17-18H2,(H,29,33)(H,30,34). The van der Waals surface area contributed by atoms with Gasteiger partial charge in [0.05, 0.1) is 17.2 Å². The van der Waals surface area contributed by atoms with Crippen LogP contribution in [0.25, 0.3) is 11.3 Å². The van der Waals surface area contributed by atoms with Gasteiger partial charge >= 0.3 is 0 Å². The van der Waals surface area contributed by atoms with E-state index in [1.54, 1.807) is 12.1 Å². The zero-order valence-electron chi connectivity index (χ0n) is 19.0. The Morgan fingerprint density at radius 3 is 1.75 bits per heavy atom. The Labute approximate surface area is 217 Å². The van der Waals surface area contributed by atoms with Gasteiger partial charge in [0.1, 0.15) is 16.7 Å². The number of nitrogens with one attached hydrogen (secondary N) is 2. The van der Waals surface area contributed by atoms with E-state index in [0.29, 0.717) is 27.3 Å². The van der Waals surface area contributed by atoms with Crippen molar-refractivity contribution in [3.63, 3.8) is 0 Å². The number of anilines is 2. The summed E-state index contributed by atoms with van der Waals surface area (Å²) < 4.78 is 0. The Bertz CT molecular complexity index is 1380. The fraction of sp³-hybridized carbons (Fsp3) is 0.0741. The van der Waals surface area contributed by atoms with Crippen LogP contribution < -0.4 is 10.6 Å². The van der Waals surface area contributed by atoms with Crippen molar-refractivity contribution in [2.75, 3.05) is 22.1 Å². The molecule has 0 unspecified atom stereocenters. The molecule has 0 aliphatic rings.